The van der Waals surface area contributed by atoms with Gasteiger partial charge in [0.25, 0.3) is 0 Å². The minimum Gasteiger partial charge on any atom is -0.294 e. The summed E-state index contributed by atoms with van der Waals surface area (Å²) in [7, 11) is 0. The fraction of sp³-hybridized carbons (Fsp3) is 0.500. The molecule has 0 N–H and O–H groups in total. The third-order valence-corrected chi connectivity index (χ3v) is 3.15. The highest BCUT2D eigenvalue weighted by Gasteiger charge is 2.41. The molecule has 94 valence electrons. The van der Waals surface area contributed by atoms with Crippen LogP contribution >= 0.6 is 34.8 Å². The van der Waals surface area contributed by atoms with Gasteiger partial charge in [-0.05, 0) is 18.9 Å². The van der Waals surface area contributed by atoms with Crippen molar-refractivity contribution in [2.45, 2.75) is 30.0 Å². The molecule has 0 aliphatic heterocycles. The van der Waals surface area contributed by atoms with E-state index in [9.17, 15) is 9.59 Å². The molecule has 17 heavy (non-hydrogen) atoms. The Labute approximate surface area is 116 Å². The van der Waals surface area contributed by atoms with Crippen molar-refractivity contribution >= 4 is 46.4 Å². The highest BCUT2D eigenvalue weighted by atomic mass is 35.6. The van der Waals surface area contributed by atoms with Gasteiger partial charge in [0.2, 0.25) is 3.79 Å². The van der Waals surface area contributed by atoms with Crippen molar-refractivity contribution in [2.75, 3.05) is 0 Å². The molecule has 0 radical (unpaired) electrons. The molecule has 0 amide bonds. The number of rotatable bonds is 4. The Kier molecular flexibility index (Phi) is 5.23. The lowest BCUT2D eigenvalue weighted by atomic mass is 9.84. The molecule has 1 aliphatic carbocycles. The number of halogens is 3. The predicted molar refractivity (Wildman–Crippen MR) is 70.5 cm³/mol. The van der Waals surface area contributed by atoms with Gasteiger partial charge in [0.1, 0.15) is 5.92 Å². The number of Topliss-reactive ketones (excluding diaryl/α,β-unsaturated/α-hetero) is 1. The van der Waals surface area contributed by atoms with E-state index in [1.54, 1.807) is 12.2 Å². The van der Waals surface area contributed by atoms with Gasteiger partial charge in [0.15, 0.2) is 11.6 Å². The highest BCUT2D eigenvalue weighted by molar-refractivity contribution is 6.77. The molecule has 1 atom stereocenters. The summed E-state index contributed by atoms with van der Waals surface area (Å²) in [6, 6.07) is 0. The van der Waals surface area contributed by atoms with Gasteiger partial charge < -0.3 is 0 Å². The van der Waals surface area contributed by atoms with Crippen molar-refractivity contribution < 1.29 is 9.59 Å². The Bertz CT molecular complexity index is 378. The molecule has 0 aromatic rings. The van der Waals surface area contributed by atoms with Crippen LogP contribution in [0.4, 0.5) is 0 Å². The Morgan fingerprint density at radius 2 is 2.06 bits per heavy atom. The first-order valence-corrected chi connectivity index (χ1v) is 6.53. The van der Waals surface area contributed by atoms with Gasteiger partial charge in [-0.3, -0.25) is 9.59 Å². The molecule has 1 aliphatic rings. The molecule has 0 heterocycles. The summed E-state index contributed by atoms with van der Waals surface area (Å²) >= 11 is 16.7. The number of unbranched alkanes of at least 4 members (excludes halogenated alkanes) is 1. The number of carbonyl (C=O) groups is 2. The van der Waals surface area contributed by atoms with Crippen molar-refractivity contribution in [3.63, 3.8) is 0 Å². The number of ketones is 2. The van der Waals surface area contributed by atoms with E-state index in [4.69, 9.17) is 34.8 Å². The Morgan fingerprint density at radius 1 is 1.41 bits per heavy atom. The summed E-state index contributed by atoms with van der Waals surface area (Å²) in [5, 5.41) is 0. The van der Waals surface area contributed by atoms with E-state index in [2.05, 4.69) is 0 Å². The van der Waals surface area contributed by atoms with Crippen molar-refractivity contribution in [1.82, 2.24) is 0 Å². The molecule has 0 bridgehead atoms. The summed E-state index contributed by atoms with van der Waals surface area (Å²) in [5.41, 5.74) is 0.732. The van der Waals surface area contributed by atoms with Crippen molar-refractivity contribution in [2.24, 2.45) is 5.92 Å². The van der Waals surface area contributed by atoms with Crippen molar-refractivity contribution in [3.8, 4) is 0 Å². The second-order valence-electron chi connectivity index (χ2n) is 3.90. The lowest BCUT2D eigenvalue weighted by molar-refractivity contribution is -0.128. The van der Waals surface area contributed by atoms with Crippen LogP contribution in [0.1, 0.15) is 26.2 Å². The van der Waals surface area contributed by atoms with Crippen LogP contribution < -0.4 is 0 Å². The smallest absolute Gasteiger partial charge is 0.249 e. The van der Waals surface area contributed by atoms with Crippen LogP contribution in [0.5, 0.6) is 0 Å². The summed E-state index contributed by atoms with van der Waals surface area (Å²) in [5.74, 6) is -1.91. The number of alkyl halides is 3. The van der Waals surface area contributed by atoms with E-state index >= 15 is 0 Å². The first-order valence-electron chi connectivity index (χ1n) is 5.40. The van der Waals surface area contributed by atoms with Crippen LogP contribution in [-0.4, -0.2) is 15.4 Å². The van der Waals surface area contributed by atoms with Crippen LogP contribution in [0.15, 0.2) is 23.8 Å². The Hall–Kier alpha value is -0.310. The highest BCUT2D eigenvalue weighted by Crippen LogP contribution is 2.35. The molecule has 0 saturated carbocycles. The molecular formula is C12H13Cl3O2. The van der Waals surface area contributed by atoms with Crippen molar-refractivity contribution in [1.29, 1.82) is 0 Å². The minimum absolute atomic E-state index is 0.310. The largest absolute Gasteiger partial charge is 0.294 e. The van der Waals surface area contributed by atoms with Gasteiger partial charge in [-0.2, -0.15) is 0 Å². The summed E-state index contributed by atoms with van der Waals surface area (Å²) in [4.78, 5) is 23.6. The molecule has 0 spiro atoms. The molecule has 0 fully saturated rings. The molecule has 5 heteroatoms. The third-order valence-electron chi connectivity index (χ3n) is 2.59. The van der Waals surface area contributed by atoms with Gasteiger partial charge >= 0.3 is 0 Å². The van der Waals surface area contributed by atoms with Gasteiger partial charge in [0.05, 0.1) is 0 Å². The Balaban J connectivity index is 2.93. The quantitative estimate of drug-likeness (QED) is 0.584. The lowest BCUT2D eigenvalue weighted by Crippen LogP contribution is -2.35. The average Bonchev–Trinajstić information content (AvgIpc) is 2.24. The van der Waals surface area contributed by atoms with Crippen LogP contribution in [0, 0.1) is 5.92 Å². The molecule has 1 rings (SSSR count). The van der Waals surface area contributed by atoms with E-state index in [1.165, 1.54) is 6.08 Å². The maximum Gasteiger partial charge on any atom is 0.249 e. The summed E-state index contributed by atoms with van der Waals surface area (Å²) in [6.45, 7) is 2.03. The summed E-state index contributed by atoms with van der Waals surface area (Å²) < 4.78 is -2.04. The Morgan fingerprint density at radius 3 is 2.59 bits per heavy atom. The fourth-order valence-corrected chi connectivity index (χ4v) is 2.04. The number of hydrogen-bond donors (Lipinski definition) is 0. The van der Waals surface area contributed by atoms with E-state index in [0.29, 0.717) is 6.42 Å². The maximum atomic E-state index is 11.9. The summed E-state index contributed by atoms with van der Waals surface area (Å²) in [6.07, 6.45) is 7.28. The van der Waals surface area contributed by atoms with E-state index in [1.807, 2.05) is 6.92 Å². The van der Waals surface area contributed by atoms with E-state index in [-0.39, 0.29) is 5.78 Å². The predicted octanol–water partition coefficient (Wildman–Crippen LogP) is 3.80. The SMILES string of the molecule is CCCCC1=CC=CC(=O)C1C(=O)C(Cl)(Cl)Cl. The van der Waals surface area contributed by atoms with Crippen LogP contribution in [0.2, 0.25) is 0 Å². The topological polar surface area (TPSA) is 34.1 Å². The van der Waals surface area contributed by atoms with Gasteiger partial charge in [-0.15, -0.1) is 0 Å². The zero-order chi connectivity index (χ0) is 13.1. The number of carbonyl (C=O) groups excluding carboxylic acids is 2. The van der Waals surface area contributed by atoms with Crippen LogP contribution in [0.25, 0.3) is 0 Å². The molecular weight excluding hydrogens is 282 g/mol. The van der Waals surface area contributed by atoms with Gasteiger partial charge in [0, 0.05) is 0 Å². The second-order valence-corrected chi connectivity index (χ2v) is 6.18. The second kappa shape index (κ2) is 6.03. The minimum atomic E-state index is -2.04. The standard InChI is InChI=1S/C12H13Cl3O2/c1-2-3-5-8-6-4-7-9(16)10(8)11(17)12(13,14)15/h4,6-7,10H,2-3,5H2,1H3. The normalized spacial score (nSPS) is 20.4. The van der Waals surface area contributed by atoms with Crippen LogP contribution in [-0.2, 0) is 9.59 Å². The fourth-order valence-electron chi connectivity index (χ4n) is 1.71. The van der Waals surface area contributed by atoms with Gasteiger partial charge in [-0.25, -0.2) is 0 Å². The number of hydrogen-bond acceptors (Lipinski definition) is 2. The first kappa shape index (κ1) is 14.7. The third kappa shape index (κ3) is 3.84. The zero-order valence-electron chi connectivity index (χ0n) is 9.38. The average molecular weight is 296 g/mol. The lowest BCUT2D eigenvalue weighted by Gasteiger charge is -2.22. The molecule has 2 nitrogen and oxygen atoms in total. The first-order chi connectivity index (χ1) is 7.88. The molecule has 0 aromatic heterocycles. The zero-order valence-corrected chi connectivity index (χ0v) is 11.6. The van der Waals surface area contributed by atoms with Crippen LogP contribution in [0.3, 0.4) is 0 Å². The van der Waals surface area contributed by atoms with E-state index < -0.39 is 15.5 Å². The number of allylic oxidation sites excluding steroid dienone is 4. The molecule has 0 saturated heterocycles. The van der Waals surface area contributed by atoms with Gasteiger partial charge in [-0.1, -0.05) is 65.9 Å². The monoisotopic (exact) mass is 294 g/mol. The van der Waals surface area contributed by atoms with Crippen molar-refractivity contribution in [3.05, 3.63) is 23.8 Å². The molecule has 1 unspecified atom stereocenters. The van der Waals surface area contributed by atoms with E-state index in [0.717, 1.165) is 18.4 Å². The maximum absolute atomic E-state index is 11.9. The molecule has 0 aromatic carbocycles.